The first kappa shape index (κ1) is 23.6. The van der Waals surface area contributed by atoms with E-state index in [-0.39, 0.29) is 0 Å². The molecule has 0 atom stereocenters. The van der Waals surface area contributed by atoms with Crippen molar-refractivity contribution in [2.24, 2.45) is 0 Å². The zero-order valence-corrected chi connectivity index (χ0v) is 21.9. The molecule has 1 heterocycles. The van der Waals surface area contributed by atoms with E-state index in [0.717, 1.165) is 10.4 Å². The molecule has 168 valence electrons. The summed E-state index contributed by atoms with van der Waals surface area (Å²) in [5.41, 5.74) is 9.14. The Morgan fingerprint density at radius 2 is 1.40 bits per heavy atom. The molecule has 0 aliphatic heterocycles. The van der Waals surface area contributed by atoms with E-state index >= 15 is 0 Å². The van der Waals surface area contributed by atoms with Crippen LogP contribution < -0.4 is 0 Å². The van der Waals surface area contributed by atoms with Crippen molar-refractivity contribution in [2.75, 3.05) is 0 Å². The summed E-state index contributed by atoms with van der Waals surface area (Å²) in [6.45, 7) is 16.3. The average molecular weight is 538 g/mol. The summed E-state index contributed by atoms with van der Waals surface area (Å²) in [6.07, 6.45) is 4.27. The number of benzene rings is 2. The quantitative estimate of drug-likeness (QED) is 0.292. The zero-order chi connectivity index (χ0) is 22.2. The van der Waals surface area contributed by atoms with E-state index in [1.807, 2.05) is 0 Å². The summed E-state index contributed by atoms with van der Waals surface area (Å²) in [7, 11) is 13.4. The predicted molar refractivity (Wildman–Crippen MR) is 127 cm³/mol. The number of para-hydroxylation sites is 1. The molecule has 3 rings (SSSR count). The Labute approximate surface area is 194 Å². The molecule has 2 aromatic carbocycles. The van der Waals surface area contributed by atoms with Crippen LogP contribution in [0.1, 0.15) is 72.9 Å². The van der Waals surface area contributed by atoms with Gasteiger partial charge in [-0.05, 0) is 0 Å². The summed E-state index contributed by atoms with van der Waals surface area (Å²) in [4.78, 5) is 0. The third-order valence-electron chi connectivity index (χ3n) is 5.66. The molecule has 1 aromatic heterocycles. The van der Waals surface area contributed by atoms with Crippen molar-refractivity contribution in [2.45, 2.75) is 66.8 Å². The molecule has 0 N–H and O–H groups in total. The third kappa shape index (κ3) is 4.71. The van der Waals surface area contributed by atoms with Gasteiger partial charge in [0.25, 0.3) is 0 Å². The van der Waals surface area contributed by atoms with Gasteiger partial charge in [-0.3, -0.25) is 0 Å². The molecule has 0 saturated carbocycles. The van der Waals surface area contributed by atoms with Crippen molar-refractivity contribution in [3.8, 4) is 5.69 Å². The molecule has 0 amide bonds. The van der Waals surface area contributed by atoms with Crippen LogP contribution in [0, 0.1) is 24.7 Å². The molecule has 0 aliphatic rings. The normalized spacial score (nSPS) is 12.2. The molecule has 0 unspecified atom stereocenters. The van der Waals surface area contributed by atoms with Crippen LogP contribution in [0.4, 0.5) is 0 Å². The summed E-state index contributed by atoms with van der Waals surface area (Å²) >= 11 is -1.90. The molecular weight excluding hydrogens is 506 g/mol. The average Bonchev–Trinajstić information content (AvgIpc) is 3.07. The van der Waals surface area contributed by atoms with E-state index in [9.17, 15) is 0 Å². The summed E-state index contributed by atoms with van der Waals surface area (Å²) in [5, 5.41) is 0. The second kappa shape index (κ2) is 9.58. The van der Waals surface area contributed by atoms with Crippen LogP contribution >= 0.6 is 19.1 Å². The molecule has 3 aromatic rings. The number of aromatic nitrogens is 2. The number of halogens is 2. The van der Waals surface area contributed by atoms with Gasteiger partial charge in [-0.25, -0.2) is 0 Å². The topological polar surface area (TPSA) is 9.86 Å². The van der Waals surface area contributed by atoms with Gasteiger partial charge in [0, 0.05) is 0 Å². The van der Waals surface area contributed by atoms with E-state index in [1.165, 1.54) is 39.1 Å². The standard InChI is InChI=1S/C25H32N2.2ClH.Pd/c1-17(2)22-9-8-10-23(18(3)4)25(22)27-12-11-26(16-27)15-24-20(6)13-19(5)14-21(24)7;;;/h8-14,17-18H,15H2,1-7H3;2*1H;/p-2. The van der Waals surface area contributed by atoms with Crippen LogP contribution in [0.25, 0.3) is 5.69 Å². The first-order valence-corrected chi connectivity index (χ1v) is 15.2. The molecule has 0 fully saturated rings. The fourth-order valence-electron chi connectivity index (χ4n) is 4.22. The molecule has 5 heteroatoms. The molecule has 0 saturated heterocycles. The Bertz CT molecular complexity index is 1080. The molecule has 0 spiro atoms. The van der Waals surface area contributed by atoms with Crippen LogP contribution in [0.2, 0.25) is 0 Å². The van der Waals surface area contributed by atoms with Crippen molar-refractivity contribution in [3.63, 3.8) is 0 Å². The summed E-state index contributed by atoms with van der Waals surface area (Å²) in [5.74, 6) is 0.819. The van der Waals surface area contributed by atoms with E-state index in [0.29, 0.717) is 11.8 Å². The van der Waals surface area contributed by atoms with Crippen molar-refractivity contribution in [3.05, 3.63) is 80.0 Å². The minimum absolute atomic E-state index is 0.409. The van der Waals surface area contributed by atoms with E-state index in [4.69, 9.17) is 19.1 Å². The van der Waals surface area contributed by atoms with Gasteiger partial charge < -0.3 is 0 Å². The molecule has 0 radical (unpaired) electrons. The van der Waals surface area contributed by atoms with Gasteiger partial charge in [-0.15, -0.1) is 0 Å². The van der Waals surface area contributed by atoms with Crippen molar-refractivity contribution < 1.29 is 14.3 Å². The van der Waals surface area contributed by atoms with Crippen molar-refractivity contribution in [1.82, 2.24) is 9.13 Å². The molecular formula is C25H32Cl2N2Pd-2. The van der Waals surface area contributed by atoms with Crippen molar-refractivity contribution in [1.29, 1.82) is 0 Å². The fraction of sp³-hybridized carbons (Fsp3) is 0.400. The van der Waals surface area contributed by atoms with Gasteiger partial charge >= 0.3 is 195 Å². The Morgan fingerprint density at radius 3 is 1.87 bits per heavy atom. The minimum atomic E-state index is -1.90. The van der Waals surface area contributed by atoms with Crippen LogP contribution in [0.15, 0.2) is 42.7 Å². The van der Waals surface area contributed by atoms with Gasteiger partial charge in [0.1, 0.15) is 0 Å². The number of imidazole rings is 1. The Balaban J connectivity index is 2.26. The first-order chi connectivity index (χ1) is 14.1. The van der Waals surface area contributed by atoms with Gasteiger partial charge in [-0.2, -0.15) is 0 Å². The molecule has 0 aliphatic carbocycles. The van der Waals surface area contributed by atoms with Crippen LogP contribution in [-0.4, -0.2) is 9.13 Å². The monoisotopic (exact) mass is 536 g/mol. The fourth-order valence-corrected chi connectivity index (χ4v) is 6.86. The number of rotatable bonds is 5. The molecule has 30 heavy (non-hydrogen) atoms. The Kier molecular flexibility index (Phi) is 7.52. The maximum atomic E-state index is 6.68. The SMILES string of the molecule is Cc1cc(C)c(Cn2ccn(-c3c(C(C)C)cccc3C(C)C)[c]2=[Pd-2]([Cl])[Cl])c(C)c1. The Hall–Kier alpha value is -1.11. The summed E-state index contributed by atoms with van der Waals surface area (Å²) in [6, 6.07) is 11.1. The van der Waals surface area contributed by atoms with Crippen LogP contribution in [-0.2, 0) is 20.8 Å². The number of hydrogen-bond donors (Lipinski definition) is 0. The molecule has 2 nitrogen and oxygen atoms in total. The maximum absolute atomic E-state index is 6.68. The van der Waals surface area contributed by atoms with E-state index < -0.39 is 14.3 Å². The van der Waals surface area contributed by atoms with Gasteiger partial charge in [0.05, 0.1) is 0 Å². The zero-order valence-electron chi connectivity index (χ0n) is 18.9. The second-order valence-corrected chi connectivity index (χ2v) is 13.7. The molecule has 0 bridgehead atoms. The van der Waals surface area contributed by atoms with Gasteiger partial charge in [0.15, 0.2) is 0 Å². The van der Waals surface area contributed by atoms with Gasteiger partial charge in [0.2, 0.25) is 0 Å². The van der Waals surface area contributed by atoms with E-state index in [2.05, 4.69) is 100 Å². The second-order valence-electron chi connectivity index (χ2n) is 8.67. The first-order valence-electron chi connectivity index (χ1n) is 10.4. The predicted octanol–water partition coefficient (Wildman–Crippen LogP) is 7.96. The number of aryl methyl sites for hydroxylation is 3. The number of nitrogens with zero attached hydrogens (tertiary/aromatic N) is 2. The van der Waals surface area contributed by atoms with Crippen LogP contribution in [0.3, 0.4) is 0 Å². The van der Waals surface area contributed by atoms with E-state index in [1.54, 1.807) is 0 Å². The number of hydrogen-bond acceptors (Lipinski definition) is 0. The summed E-state index contributed by atoms with van der Waals surface area (Å²) < 4.78 is 5.51. The van der Waals surface area contributed by atoms with Crippen LogP contribution in [0.5, 0.6) is 0 Å². The van der Waals surface area contributed by atoms with Gasteiger partial charge in [-0.1, -0.05) is 0 Å². The third-order valence-corrected chi connectivity index (χ3v) is 8.27. The Morgan fingerprint density at radius 1 is 0.867 bits per heavy atom. The van der Waals surface area contributed by atoms with Crippen molar-refractivity contribution >= 4 is 19.1 Å².